The molecule has 12 atom stereocenters. The molecule has 4 aliphatic carbocycles. The first kappa shape index (κ1) is 32.1. The molecule has 5 N–H and O–H groups in total. The van der Waals surface area contributed by atoms with E-state index in [1.165, 1.54) is 0 Å². The van der Waals surface area contributed by atoms with Crippen LogP contribution in [0.1, 0.15) is 98.3 Å². The van der Waals surface area contributed by atoms with Crippen molar-refractivity contribution in [3.8, 4) is 0 Å². The van der Waals surface area contributed by atoms with Crippen LogP contribution in [-0.4, -0.2) is 63.8 Å². The van der Waals surface area contributed by atoms with Crippen molar-refractivity contribution in [2.24, 2.45) is 61.7 Å². The highest BCUT2D eigenvalue weighted by Crippen LogP contribution is 2.68. The molecule has 0 bridgehead atoms. The standard InChI is InChI=1S/C31H51N7O5/c1-17(5-8-24(40)35-23(11-14-31(4)36-37-31)28(43)33-16-34-38-32)19-6-7-20-25-21(10-13-29(19,20)2)30(3)12-9-18(39)15-22(30)26(41)27(25)42/h17-23,25-27,39,41-42H,5-16H2,1-4H3,(H,33,43)(H,35,40). The van der Waals surface area contributed by atoms with Crippen molar-refractivity contribution >= 4 is 11.8 Å². The predicted octanol–water partition coefficient (Wildman–Crippen LogP) is 4.20. The Kier molecular flexibility index (Phi) is 9.16. The van der Waals surface area contributed by atoms with Crippen LogP contribution in [0, 0.1) is 46.3 Å². The lowest BCUT2D eigenvalue weighted by Gasteiger charge is -2.63. The molecule has 240 valence electrons. The molecular weight excluding hydrogens is 550 g/mol. The summed E-state index contributed by atoms with van der Waals surface area (Å²) in [6.45, 7) is 8.59. The van der Waals surface area contributed by atoms with Crippen molar-refractivity contribution in [1.82, 2.24) is 10.6 Å². The Balaban J connectivity index is 1.20. The lowest BCUT2D eigenvalue weighted by atomic mass is 9.43. The molecule has 0 radical (unpaired) electrons. The maximum atomic E-state index is 13.1. The zero-order valence-electron chi connectivity index (χ0n) is 26.2. The van der Waals surface area contributed by atoms with Crippen molar-refractivity contribution < 1.29 is 24.9 Å². The van der Waals surface area contributed by atoms with Crippen LogP contribution in [-0.2, 0) is 9.59 Å². The molecule has 12 unspecified atom stereocenters. The van der Waals surface area contributed by atoms with Crippen molar-refractivity contribution in [1.29, 1.82) is 0 Å². The van der Waals surface area contributed by atoms with Gasteiger partial charge in [0.05, 0.1) is 25.0 Å². The molecule has 12 heteroatoms. The lowest BCUT2D eigenvalue weighted by Crippen LogP contribution is -2.64. The number of hydrogen-bond acceptors (Lipinski definition) is 8. The van der Waals surface area contributed by atoms with E-state index in [-0.39, 0.29) is 41.2 Å². The molecule has 4 fully saturated rings. The van der Waals surface area contributed by atoms with Gasteiger partial charge < -0.3 is 26.0 Å². The molecule has 0 spiro atoms. The third kappa shape index (κ3) is 6.17. The number of amides is 2. The predicted molar refractivity (Wildman–Crippen MR) is 159 cm³/mol. The summed E-state index contributed by atoms with van der Waals surface area (Å²) in [7, 11) is 0. The number of carbonyl (C=O) groups is 2. The zero-order valence-corrected chi connectivity index (χ0v) is 26.2. The van der Waals surface area contributed by atoms with Gasteiger partial charge in [-0.3, -0.25) is 9.59 Å². The molecule has 0 aromatic carbocycles. The van der Waals surface area contributed by atoms with Gasteiger partial charge in [0.1, 0.15) is 6.04 Å². The summed E-state index contributed by atoms with van der Waals surface area (Å²) in [5.74, 6) is 0.796. The molecule has 2 amide bonds. The molecule has 5 rings (SSSR count). The minimum atomic E-state index is -0.801. The second-order valence-corrected chi connectivity index (χ2v) is 15.1. The summed E-state index contributed by atoms with van der Waals surface area (Å²) in [4.78, 5) is 28.4. The summed E-state index contributed by atoms with van der Waals surface area (Å²) in [5, 5.41) is 50.0. The molecule has 1 heterocycles. The summed E-state index contributed by atoms with van der Waals surface area (Å²) < 4.78 is 0. The minimum absolute atomic E-state index is 0.0333. The zero-order chi connectivity index (χ0) is 31.2. The average molecular weight is 602 g/mol. The van der Waals surface area contributed by atoms with Gasteiger partial charge >= 0.3 is 0 Å². The molecule has 0 saturated heterocycles. The third-order valence-electron chi connectivity index (χ3n) is 12.7. The number of aliphatic hydroxyl groups is 3. The van der Waals surface area contributed by atoms with Crippen LogP contribution in [0.25, 0.3) is 10.4 Å². The van der Waals surface area contributed by atoms with Gasteiger partial charge in [-0.05, 0) is 123 Å². The number of carbonyl (C=O) groups excluding carboxylic acids is 2. The van der Waals surface area contributed by atoms with Gasteiger partial charge in [0.15, 0.2) is 5.66 Å². The van der Waals surface area contributed by atoms with Gasteiger partial charge in [0, 0.05) is 11.3 Å². The Morgan fingerprint density at radius 2 is 1.67 bits per heavy atom. The third-order valence-corrected chi connectivity index (χ3v) is 12.7. The van der Waals surface area contributed by atoms with Gasteiger partial charge in [-0.1, -0.05) is 25.9 Å². The Morgan fingerprint density at radius 1 is 0.977 bits per heavy atom. The van der Waals surface area contributed by atoms with Crippen molar-refractivity contribution in [3.05, 3.63) is 10.4 Å². The van der Waals surface area contributed by atoms with E-state index >= 15 is 0 Å². The normalized spacial score (nSPS) is 41.9. The first-order valence-electron chi connectivity index (χ1n) is 16.4. The molecular formula is C31H51N7O5. The SMILES string of the molecule is CC(CCC(=O)NC(CCC1(C)N=N1)C(=O)NCN=[N+]=[N-])C1CCC2C3C(O)C(O)C4CC(O)CCC4(C)C3CCC12C. The number of aliphatic hydroxyl groups excluding tert-OH is 3. The fraction of sp³-hybridized carbons (Fsp3) is 0.935. The summed E-state index contributed by atoms with van der Waals surface area (Å²) in [5.41, 5.74) is 7.99. The number of rotatable bonds is 11. The van der Waals surface area contributed by atoms with Gasteiger partial charge in [0.25, 0.3) is 0 Å². The Hall–Kier alpha value is -2.27. The van der Waals surface area contributed by atoms with Crippen LogP contribution in [0.3, 0.4) is 0 Å². The quantitative estimate of drug-likeness (QED) is 0.134. The van der Waals surface area contributed by atoms with Crippen molar-refractivity contribution in [2.75, 3.05) is 6.67 Å². The minimum Gasteiger partial charge on any atom is -0.393 e. The molecule has 0 aromatic heterocycles. The molecule has 12 nitrogen and oxygen atoms in total. The summed E-state index contributed by atoms with van der Waals surface area (Å²) in [6.07, 6.45) is 6.37. The van der Waals surface area contributed by atoms with Crippen LogP contribution >= 0.6 is 0 Å². The van der Waals surface area contributed by atoms with Gasteiger partial charge in [-0.2, -0.15) is 10.2 Å². The van der Waals surface area contributed by atoms with Crippen LogP contribution < -0.4 is 10.6 Å². The first-order chi connectivity index (χ1) is 20.3. The number of azide groups is 1. The van der Waals surface area contributed by atoms with E-state index in [1.807, 2.05) is 6.92 Å². The van der Waals surface area contributed by atoms with Gasteiger partial charge in [-0.25, -0.2) is 0 Å². The number of nitrogens with one attached hydrogen (secondary N) is 2. The maximum absolute atomic E-state index is 13.1. The fourth-order valence-corrected chi connectivity index (χ4v) is 10.2. The molecule has 43 heavy (non-hydrogen) atoms. The highest BCUT2D eigenvalue weighted by molar-refractivity contribution is 5.87. The highest BCUT2D eigenvalue weighted by atomic mass is 16.3. The van der Waals surface area contributed by atoms with Crippen LogP contribution in [0.4, 0.5) is 0 Å². The molecule has 4 saturated carbocycles. The highest BCUT2D eigenvalue weighted by Gasteiger charge is 2.65. The summed E-state index contributed by atoms with van der Waals surface area (Å²) in [6, 6.07) is -0.756. The van der Waals surface area contributed by atoms with E-state index in [2.05, 4.69) is 51.7 Å². The number of hydrogen-bond donors (Lipinski definition) is 5. The molecule has 0 aromatic rings. The van der Waals surface area contributed by atoms with Crippen molar-refractivity contribution in [3.63, 3.8) is 0 Å². The number of fused-ring (bicyclic) bond motifs is 5. The van der Waals surface area contributed by atoms with E-state index in [0.717, 1.165) is 38.5 Å². The van der Waals surface area contributed by atoms with Crippen LogP contribution in [0.2, 0.25) is 0 Å². The Labute approximate surface area is 254 Å². The monoisotopic (exact) mass is 601 g/mol. The molecule has 1 aliphatic heterocycles. The number of nitrogens with zero attached hydrogens (tertiary/aromatic N) is 5. The largest absolute Gasteiger partial charge is 0.393 e. The summed E-state index contributed by atoms with van der Waals surface area (Å²) >= 11 is 0. The second-order valence-electron chi connectivity index (χ2n) is 15.1. The van der Waals surface area contributed by atoms with E-state index in [1.54, 1.807) is 0 Å². The smallest absolute Gasteiger partial charge is 0.242 e. The Bertz CT molecular complexity index is 1140. The Morgan fingerprint density at radius 3 is 2.37 bits per heavy atom. The van der Waals surface area contributed by atoms with Crippen LogP contribution in [0.5, 0.6) is 0 Å². The molecule has 5 aliphatic rings. The second kappa shape index (κ2) is 12.3. The lowest BCUT2D eigenvalue weighted by molar-refractivity contribution is -0.223. The fourth-order valence-electron chi connectivity index (χ4n) is 10.2. The maximum Gasteiger partial charge on any atom is 0.242 e. The van der Waals surface area contributed by atoms with Crippen molar-refractivity contribution in [2.45, 2.75) is 128 Å². The van der Waals surface area contributed by atoms with Gasteiger partial charge in [0.2, 0.25) is 11.8 Å². The topological polar surface area (TPSA) is 192 Å². The van der Waals surface area contributed by atoms with E-state index in [4.69, 9.17) is 5.53 Å². The van der Waals surface area contributed by atoms with E-state index in [0.29, 0.717) is 49.9 Å². The average Bonchev–Trinajstić information content (AvgIpc) is 3.60. The van der Waals surface area contributed by atoms with Gasteiger partial charge in [-0.15, -0.1) is 0 Å². The van der Waals surface area contributed by atoms with E-state index in [9.17, 15) is 24.9 Å². The van der Waals surface area contributed by atoms with E-state index < -0.39 is 35.9 Å². The first-order valence-corrected chi connectivity index (χ1v) is 16.4. The van der Waals surface area contributed by atoms with Crippen LogP contribution in [0.15, 0.2) is 15.3 Å².